The zero-order valence-corrected chi connectivity index (χ0v) is 20.4. The lowest BCUT2D eigenvalue weighted by atomic mass is 9.84. The number of amides is 1. The van der Waals surface area contributed by atoms with Crippen LogP contribution < -0.4 is 4.90 Å². The van der Waals surface area contributed by atoms with Gasteiger partial charge in [0.1, 0.15) is 5.82 Å². The number of nitrogens with zero attached hydrogens (tertiary/aromatic N) is 3. The summed E-state index contributed by atoms with van der Waals surface area (Å²) < 4.78 is 19.4. The first-order valence-electron chi connectivity index (χ1n) is 12.7. The zero-order chi connectivity index (χ0) is 23.8. The van der Waals surface area contributed by atoms with Crippen LogP contribution >= 0.6 is 0 Å². The highest BCUT2D eigenvalue weighted by Gasteiger charge is 2.40. The second-order valence-corrected chi connectivity index (χ2v) is 9.61. The van der Waals surface area contributed by atoms with Gasteiger partial charge in [-0.1, -0.05) is 37.3 Å². The van der Waals surface area contributed by atoms with Crippen molar-refractivity contribution in [2.75, 3.05) is 50.8 Å². The van der Waals surface area contributed by atoms with E-state index in [0.717, 1.165) is 82.9 Å². The molecule has 0 unspecified atom stereocenters. The first-order valence-corrected chi connectivity index (χ1v) is 12.7. The molecule has 0 aliphatic carbocycles. The number of rotatable bonds is 7. The molecule has 0 aromatic heterocycles. The van der Waals surface area contributed by atoms with Crippen molar-refractivity contribution in [1.29, 1.82) is 0 Å². The fourth-order valence-electron chi connectivity index (χ4n) is 5.50. The third-order valence-electron chi connectivity index (χ3n) is 7.32. The molecule has 0 bridgehead atoms. The number of carbonyl (C=O) groups excluding carboxylic acids is 1. The summed E-state index contributed by atoms with van der Waals surface area (Å²) >= 11 is 0. The van der Waals surface area contributed by atoms with Crippen LogP contribution in [0.25, 0.3) is 0 Å². The molecule has 0 saturated carbocycles. The van der Waals surface area contributed by atoms with Gasteiger partial charge in [-0.3, -0.25) is 14.6 Å². The molecule has 1 amide bonds. The van der Waals surface area contributed by atoms with Crippen molar-refractivity contribution in [2.24, 2.45) is 0 Å². The molecule has 5 nitrogen and oxygen atoms in total. The van der Waals surface area contributed by atoms with Crippen LogP contribution in [0.15, 0.2) is 54.6 Å². The summed E-state index contributed by atoms with van der Waals surface area (Å²) in [5, 5.41) is 0. The van der Waals surface area contributed by atoms with E-state index in [1.165, 1.54) is 6.07 Å². The summed E-state index contributed by atoms with van der Waals surface area (Å²) in [4.78, 5) is 20.2. The third-order valence-corrected chi connectivity index (χ3v) is 7.32. The predicted molar refractivity (Wildman–Crippen MR) is 134 cm³/mol. The summed E-state index contributed by atoms with van der Waals surface area (Å²) in [5.41, 5.74) is 1.95. The maximum Gasteiger partial charge on any atom is 0.226 e. The highest BCUT2D eigenvalue weighted by molar-refractivity contribution is 5.93. The molecule has 2 heterocycles. The standard InChI is InChI=1S/C28H38FN3O2/c1-2-27(33)32(26-11-4-3-5-12-26)23-28(13-7-19-34-20-8-14-28)31-17-15-30(16-18-31)22-24-9-6-10-25(29)21-24/h3-6,9-12,21H,2,7-8,13-20,22-23H2,1H3. The predicted octanol–water partition coefficient (Wildman–Crippen LogP) is 4.72. The van der Waals surface area contributed by atoms with Gasteiger partial charge in [-0.25, -0.2) is 4.39 Å². The third kappa shape index (κ3) is 6.23. The molecular formula is C28H38FN3O2. The molecule has 2 aromatic rings. The summed E-state index contributed by atoms with van der Waals surface area (Å²) in [6.45, 7) is 8.82. The summed E-state index contributed by atoms with van der Waals surface area (Å²) in [7, 11) is 0. The monoisotopic (exact) mass is 467 g/mol. The van der Waals surface area contributed by atoms with Crippen LogP contribution in [0.1, 0.15) is 44.6 Å². The van der Waals surface area contributed by atoms with E-state index >= 15 is 0 Å². The normalized spacial score (nSPS) is 19.8. The summed E-state index contributed by atoms with van der Waals surface area (Å²) in [5.74, 6) is 0.00190. The van der Waals surface area contributed by atoms with Crippen molar-refractivity contribution < 1.29 is 13.9 Å². The number of anilines is 1. The van der Waals surface area contributed by atoms with Gasteiger partial charge in [0, 0.05) is 70.1 Å². The van der Waals surface area contributed by atoms with Crippen molar-refractivity contribution in [3.05, 3.63) is 66.0 Å². The van der Waals surface area contributed by atoms with Crippen molar-refractivity contribution in [3.8, 4) is 0 Å². The number of para-hydroxylation sites is 1. The second kappa shape index (κ2) is 11.9. The van der Waals surface area contributed by atoms with Crippen molar-refractivity contribution in [1.82, 2.24) is 9.80 Å². The van der Waals surface area contributed by atoms with E-state index in [1.54, 1.807) is 12.1 Å². The highest BCUT2D eigenvalue weighted by Crippen LogP contribution is 2.33. The Labute approximate surface area is 203 Å². The Balaban J connectivity index is 1.51. The topological polar surface area (TPSA) is 36.0 Å². The van der Waals surface area contributed by atoms with Crippen LogP contribution in [0.2, 0.25) is 0 Å². The molecule has 0 spiro atoms. The molecule has 34 heavy (non-hydrogen) atoms. The van der Waals surface area contributed by atoms with Gasteiger partial charge in [0.2, 0.25) is 5.91 Å². The number of benzene rings is 2. The Kier molecular flexibility index (Phi) is 8.70. The molecule has 2 aromatic carbocycles. The molecule has 2 aliphatic rings. The number of ether oxygens (including phenoxy) is 1. The Morgan fingerprint density at radius 3 is 2.35 bits per heavy atom. The maximum atomic E-state index is 13.6. The van der Waals surface area contributed by atoms with E-state index in [4.69, 9.17) is 4.74 Å². The largest absolute Gasteiger partial charge is 0.381 e. The summed E-state index contributed by atoms with van der Waals surface area (Å²) in [6.07, 6.45) is 4.56. The van der Waals surface area contributed by atoms with E-state index in [1.807, 2.05) is 48.2 Å². The number of carbonyl (C=O) groups is 1. The molecule has 4 rings (SSSR count). The van der Waals surface area contributed by atoms with Gasteiger partial charge in [-0.05, 0) is 55.5 Å². The molecule has 0 radical (unpaired) electrons. The van der Waals surface area contributed by atoms with Crippen molar-refractivity contribution in [2.45, 2.75) is 51.1 Å². The van der Waals surface area contributed by atoms with Crippen molar-refractivity contribution in [3.63, 3.8) is 0 Å². The first kappa shape index (κ1) is 24.8. The van der Waals surface area contributed by atoms with E-state index < -0.39 is 0 Å². The fourth-order valence-corrected chi connectivity index (χ4v) is 5.50. The second-order valence-electron chi connectivity index (χ2n) is 9.61. The van der Waals surface area contributed by atoms with Crippen LogP contribution in [0.3, 0.4) is 0 Å². The first-order chi connectivity index (χ1) is 16.6. The SMILES string of the molecule is CCC(=O)N(CC1(N2CCN(Cc3cccc(F)c3)CC2)CCCOCCC1)c1ccccc1. The zero-order valence-electron chi connectivity index (χ0n) is 20.4. The number of halogens is 1. The van der Waals surface area contributed by atoms with Gasteiger partial charge in [-0.15, -0.1) is 0 Å². The average Bonchev–Trinajstić information content (AvgIpc) is 2.84. The molecule has 184 valence electrons. The number of hydrogen-bond donors (Lipinski definition) is 0. The van der Waals surface area contributed by atoms with E-state index in [-0.39, 0.29) is 17.3 Å². The molecule has 6 heteroatoms. The summed E-state index contributed by atoms with van der Waals surface area (Å²) in [6, 6.07) is 17.0. The van der Waals surface area contributed by atoms with Crippen LogP contribution in [-0.2, 0) is 16.1 Å². The van der Waals surface area contributed by atoms with Crippen molar-refractivity contribution >= 4 is 11.6 Å². The highest BCUT2D eigenvalue weighted by atomic mass is 19.1. The molecular weight excluding hydrogens is 429 g/mol. The van der Waals surface area contributed by atoms with Gasteiger partial charge in [-0.2, -0.15) is 0 Å². The minimum absolute atomic E-state index is 0.0601. The Bertz CT molecular complexity index is 907. The van der Waals surface area contributed by atoms with Crippen LogP contribution in [0, 0.1) is 5.82 Å². The van der Waals surface area contributed by atoms with E-state index in [0.29, 0.717) is 13.0 Å². The van der Waals surface area contributed by atoms with E-state index in [9.17, 15) is 9.18 Å². The van der Waals surface area contributed by atoms with Crippen LogP contribution in [0.4, 0.5) is 10.1 Å². The lowest BCUT2D eigenvalue weighted by Crippen LogP contribution is -2.62. The molecule has 0 atom stereocenters. The Morgan fingerprint density at radius 1 is 1.00 bits per heavy atom. The lowest BCUT2D eigenvalue weighted by molar-refractivity contribution is -0.119. The maximum absolute atomic E-state index is 13.6. The van der Waals surface area contributed by atoms with E-state index in [2.05, 4.69) is 9.80 Å². The van der Waals surface area contributed by atoms with Crippen LogP contribution in [-0.4, -0.2) is 67.2 Å². The number of hydrogen-bond acceptors (Lipinski definition) is 4. The van der Waals surface area contributed by atoms with Gasteiger partial charge in [0.05, 0.1) is 0 Å². The van der Waals surface area contributed by atoms with Crippen LogP contribution in [0.5, 0.6) is 0 Å². The minimum Gasteiger partial charge on any atom is -0.381 e. The fraction of sp³-hybridized carbons (Fsp3) is 0.536. The van der Waals surface area contributed by atoms with Gasteiger partial charge in [0.15, 0.2) is 0 Å². The molecule has 2 fully saturated rings. The number of piperazine rings is 1. The minimum atomic E-state index is -0.173. The Morgan fingerprint density at radius 2 is 1.71 bits per heavy atom. The molecule has 2 aliphatic heterocycles. The van der Waals surface area contributed by atoms with Gasteiger partial charge < -0.3 is 9.64 Å². The average molecular weight is 468 g/mol. The molecule has 2 saturated heterocycles. The molecule has 0 N–H and O–H groups in total. The van der Waals surface area contributed by atoms with Gasteiger partial charge >= 0.3 is 0 Å². The smallest absolute Gasteiger partial charge is 0.226 e. The lowest BCUT2D eigenvalue weighted by Gasteiger charge is -2.50. The Hall–Kier alpha value is -2.28. The van der Waals surface area contributed by atoms with Gasteiger partial charge in [0.25, 0.3) is 0 Å². The quantitative estimate of drug-likeness (QED) is 0.591.